The van der Waals surface area contributed by atoms with Gasteiger partial charge in [-0.25, -0.2) is 15.0 Å². The van der Waals surface area contributed by atoms with Crippen LogP contribution in [-0.2, 0) is 4.79 Å². The third-order valence-corrected chi connectivity index (χ3v) is 7.18. The summed E-state index contributed by atoms with van der Waals surface area (Å²) in [5.74, 6) is 0.708. The van der Waals surface area contributed by atoms with E-state index in [1.165, 1.54) is 0 Å². The topological polar surface area (TPSA) is 88.6 Å². The van der Waals surface area contributed by atoms with Gasteiger partial charge in [-0.05, 0) is 37.5 Å². The van der Waals surface area contributed by atoms with Gasteiger partial charge in [-0.3, -0.25) is 14.8 Å². The summed E-state index contributed by atoms with van der Waals surface area (Å²) in [6.45, 7) is 6.04. The van der Waals surface area contributed by atoms with Gasteiger partial charge in [-0.1, -0.05) is 50.0 Å². The van der Waals surface area contributed by atoms with Crippen molar-refractivity contribution >= 4 is 36.0 Å². The zero-order valence-electron chi connectivity index (χ0n) is 23.7. The van der Waals surface area contributed by atoms with Crippen molar-refractivity contribution in [2.45, 2.75) is 52.0 Å². The zero-order valence-corrected chi connectivity index (χ0v) is 23.7. The van der Waals surface area contributed by atoms with Gasteiger partial charge in [0.1, 0.15) is 11.4 Å². The molecule has 0 saturated carbocycles. The highest BCUT2D eigenvalue weighted by molar-refractivity contribution is 6.40. The van der Waals surface area contributed by atoms with Crippen molar-refractivity contribution < 1.29 is 4.79 Å². The Kier molecular flexibility index (Phi) is 9.29. The Hall–Kier alpha value is -4.62. The molecule has 6 aliphatic rings. The molecule has 9 heteroatoms. The average Bonchev–Trinajstić information content (AvgIpc) is 3.28. The third kappa shape index (κ3) is 6.58. The molecule has 6 rings (SSSR count). The van der Waals surface area contributed by atoms with E-state index < -0.39 is 0 Å². The van der Waals surface area contributed by atoms with Gasteiger partial charge in [0, 0.05) is 55.4 Å². The van der Waals surface area contributed by atoms with Crippen LogP contribution in [0.15, 0.2) is 115 Å². The van der Waals surface area contributed by atoms with Gasteiger partial charge < -0.3 is 4.90 Å². The summed E-state index contributed by atoms with van der Waals surface area (Å²) in [6.07, 6.45) is 28.8. The zero-order chi connectivity index (χ0) is 28.4. The normalized spacial score (nSPS) is 23.6. The first kappa shape index (κ1) is 27.9. The summed E-state index contributed by atoms with van der Waals surface area (Å²) >= 11 is 0. The minimum Gasteiger partial charge on any atom is -0.333 e. The minimum atomic E-state index is -0.0256. The molecule has 210 valence electrons. The summed E-state index contributed by atoms with van der Waals surface area (Å²) in [5.41, 5.74) is 7.28. The van der Waals surface area contributed by atoms with Crippen molar-refractivity contribution in [3.8, 4) is 0 Å². The summed E-state index contributed by atoms with van der Waals surface area (Å²) in [4.78, 5) is 29.5. The molecule has 0 radical (unpaired) electrons. The van der Waals surface area contributed by atoms with E-state index in [0.717, 1.165) is 47.6 Å². The van der Waals surface area contributed by atoms with Crippen molar-refractivity contribution in [1.82, 2.24) is 14.9 Å². The van der Waals surface area contributed by atoms with Crippen molar-refractivity contribution in [2.24, 2.45) is 25.2 Å². The standard InChI is InChI=1S/C30H30N8O.C2H6/c39-30(28-20-25(27-12-4-1-2-6-15-32-27)29-33-16-9-18-38(29)35-28)37-17-8-10-24(37)22-36-19-13-23(21-34-36)26-11-5-3-7-14-31-26;1-2/h1,3-7,9,13-16,18,21,24H,2,8,10,12,17,19-20,22H2;1-2H3/b4-1-,15-6?,32-27?;/t24-;/m0./s1. The van der Waals surface area contributed by atoms with Crippen molar-refractivity contribution in [1.29, 1.82) is 0 Å². The average molecular weight is 549 g/mol. The van der Waals surface area contributed by atoms with Gasteiger partial charge in [-0.2, -0.15) is 10.2 Å². The van der Waals surface area contributed by atoms with Crippen LogP contribution in [-0.4, -0.2) is 76.6 Å². The monoisotopic (exact) mass is 548 g/mol. The van der Waals surface area contributed by atoms with E-state index in [0.29, 0.717) is 38.2 Å². The lowest BCUT2D eigenvalue weighted by Gasteiger charge is -2.32. The number of fused-ring (bicyclic) bond motifs is 1. The highest BCUT2D eigenvalue weighted by Gasteiger charge is 2.36. The second-order valence-electron chi connectivity index (χ2n) is 9.75. The molecule has 9 nitrogen and oxygen atoms in total. The Morgan fingerprint density at radius 2 is 2.00 bits per heavy atom. The summed E-state index contributed by atoms with van der Waals surface area (Å²) < 4.78 is 0. The highest BCUT2D eigenvalue weighted by Crippen LogP contribution is 2.29. The first-order valence-electron chi connectivity index (χ1n) is 14.4. The van der Waals surface area contributed by atoms with Crippen LogP contribution in [0, 0.1) is 0 Å². The predicted molar refractivity (Wildman–Crippen MR) is 167 cm³/mol. The Morgan fingerprint density at radius 3 is 2.88 bits per heavy atom. The molecule has 6 aliphatic heterocycles. The van der Waals surface area contributed by atoms with Crippen molar-refractivity contribution in [3.63, 3.8) is 0 Å². The van der Waals surface area contributed by atoms with Gasteiger partial charge in [-0.15, -0.1) is 0 Å². The van der Waals surface area contributed by atoms with E-state index >= 15 is 0 Å². The molecule has 0 N–H and O–H groups in total. The van der Waals surface area contributed by atoms with Crippen LogP contribution in [0.25, 0.3) is 0 Å². The summed E-state index contributed by atoms with van der Waals surface area (Å²) in [5, 5.41) is 13.1. The van der Waals surface area contributed by atoms with Crippen LogP contribution in [0.1, 0.15) is 46.0 Å². The Balaban J connectivity index is 0.00000165. The fourth-order valence-electron chi connectivity index (χ4n) is 5.22. The number of hydrogen-bond donors (Lipinski definition) is 0. The van der Waals surface area contributed by atoms with E-state index in [-0.39, 0.29) is 11.9 Å². The van der Waals surface area contributed by atoms with Gasteiger partial charge in [0.25, 0.3) is 5.91 Å². The maximum atomic E-state index is 13.9. The highest BCUT2D eigenvalue weighted by atomic mass is 16.2. The van der Waals surface area contributed by atoms with Gasteiger partial charge in [0.2, 0.25) is 0 Å². The molecule has 0 unspecified atom stereocenters. The molecule has 0 spiro atoms. The number of nitrogens with zero attached hydrogens (tertiary/aromatic N) is 8. The number of rotatable bonds is 5. The lowest BCUT2D eigenvalue weighted by atomic mass is 9.98. The number of allylic oxidation sites excluding steroid dienone is 8. The molecule has 0 aromatic carbocycles. The number of carbonyl (C=O) groups is 1. The second kappa shape index (κ2) is 13.6. The maximum absolute atomic E-state index is 13.9. The van der Waals surface area contributed by atoms with Gasteiger partial charge in [0.05, 0.1) is 31.1 Å². The first-order chi connectivity index (χ1) is 20.3. The number of aliphatic imine (C=N–C) groups is 3. The molecule has 41 heavy (non-hydrogen) atoms. The molecule has 1 amide bonds. The van der Waals surface area contributed by atoms with E-state index in [1.807, 2.05) is 72.8 Å². The van der Waals surface area contributed by atoms with E-state index in [1.54, 1.807) is 17.4 Å². The molecule has 1 fully saturated rings. The summed E-state index contributed by atoms with van der Waals surface area (Å²) in [7, 11) is 0. The smallest absolute Gasteiger partial charge is 0.270 e. The largest absolute Gasteiger partial charge is 0.333 e. The van der Waals surface area contributed by atoms with E-state index in [2.05, 4.69) is 39.0 Å². The molecular formula is C32H36N8O. The number of amides is 1. The molecule has 6 heterocycles. The fraction of sp³-hybridized carbons (Fsp3) is 0.344. The van der Waals surface area contributed by atoms with Crippen LogP contribution in [0.4, 0.5) is 0 Å². The minimum absolute atomic E-state index is 0.0256. The quantitative estimate of drug-likeness (QED) is 0.354. The molecular weight excluding hydrogens is 512 g/mol. The molecule has 1 atom stereocenters. The number of likely N-dealkylation sites (tertiary alicyclic amines) is 1. The lowest BCUT2D eigenvalue weighted by molar-refractivity contribution is -0.125. The third-order valence-electron chi connectivity index (χ3n) is 7.18. The Labute approximate surface area is 241 Å². The summed E-state index contributed by atoms with van der Waals surface area (Å²) in [6, 6.07) is 0.0693. The van der Waals surface area contributed by atoms with Gasteiger partial charge >= 0.3 is 0 Å². The second-order valence-corrected chi connectivity index (χ2v) is 9.75. The Morgan fingerprint density at radius 1 is 1.10 bits per heavy atom. The van der Waals surface area contributed by atoms with Crippen molar-refractivity contribution in [2.75, 3.05) is 19.6 Å². The molecule has 0 aromatic rings. The van der Waals surface area contributed by atoms with Crippen molar-refractivity contribution in [3.05, 3.63) is 89.4 Å². The fourth-order valence-corrected chi connectivity index (χ4v) is 5.22. The molecule has 0 bridgehead atoms. The van der Waals surface area contributed by atoms with Crippen LogP contribution < -0.4 is 0 Å². The maximum Gasteiger partial charge on any atom is 0.270 e. The Bertz CT molecular complexity index is 1440. The van der Waals surface area contributed by atoms with Crippen LogP contribution in [0.3, 0.4) is 0 Å². The van der Waals surface area contributed by atoms with E-state index in [4.69, 9.17) is 10.1 Å². The van der Waals surface area contributed by atoms with Crippen LogP contribution in [0.5, 0.6) is 0 Å². The molecule has 0 aliphatic carbocycles. The predicted octanol–water partition coefficient (Wildman–Crippen LogP) is 5.09. The number of carbonyl (C=O) groups excluding carboxylic acids is 1. The van der Waals surface area contributed by atoms with Crippen LogP contribution >= 0.6 is 0 Å². The SMILES string of the molecule is CC.O=C(C1=NN2C=CC=NC2=C(C2=NC=CC/C=C\C2)C1)N1CCC[C@H]1CN1CC=C(C2=C=CC=CC=N2)C=N1. The van der Waals surface area contributed by atoms with Crippen LogP contribution in [0.2, 0.25) is 0 Å². The van der Waals surface area contributed by atoms with E-state index in [9.17, 15) is 4.79 Å². The molecule has 0 aromatic heterocycles. The first-order valence-corrected chi connectivity index (χ1v) is 14.4. The number of hydrogen-bond acceptors (Lipinski definition) is 8. The van der Waals surface area contributed by atoms with Gasteiger partial charge in [0.15, 0.2) is 5.82 Å². The molecule has 1 saturated heterocycles. The number of hydrazone groups is 2. The lowest BCUT2D eigenvalue weighted by Crippen LogP contribution is -2.46.